The number of carbonyl (C=O) groups excluding carboxylic acids is 1. The van der Waals surface area contributed by atoms with Crippen LogP contribution in [0.15, 0.2) is 72.8 Å². The molecule has 174 valence electrons. The minimum atomic E-state index is -0.515. The zero-order valence-electron chi connectivity index (χ0n) is 20.6. The smallest absolute Gasteiger partial charge is 0.412 e. The van der Waals surface area contributed by atoms with Crippen molar-refractivity contribution in [3.05, 3.63) is 95.1 Å². The first-order chi connectivity index (χ1) is 15.4. The molecule has 3 rings (SSSR count). The van der Waals surface area contributed by atoms with Crippen molar-refractivity contribution in [1.82, 2.24) is 0 Å². The molecule has 0 bridgehead atoms. The van der Waals surface area contributed by atoms with E-state index in [1.807, 2.05) is 45.0 Å². The van der Waals surface area contributed by atoms with Crippen LogP contribution in [0.2, 0.25) is 0 Å². The number of hydrogen-bond acceptors (Lipinski definition) is 3. The number of rotatable bonds is 6. The summed E-state index contributed by atoms with van der Waals surface area (Å²) in [5, 5.41) is 2.78. The molecule has 0 saturated heterocycles. The Hall–Kier alpha value is -3.27. The van der Waals surface area contributed by atoms with Gasteiger partial charge in [-0.2, -0.15) is 0 Å². The summed E-state index contributed by atoms with van der Waals surface area (Å²) in [5.41, 5.74) is 11.8. The molecule has 1 atom stereocenters. The van der Waals surface area contributed by atoms with Gasteiger partial charge in [-0.05, 0) is 79.6 Å². The third-order valence-corrected chi connectivity index (χ3v) is 5.97. The molecule has 0 aliphatic heterocycles. The van der Waals surface area contributed by atoms with Gasteiger partial charge in [0.05, 0.1) is 0 Å². The van der Waals surface area contributed by atoms with E-state index in [2.05, 4.69) is 74.6 Å². The highest BCUT2D eigenvalue weighted by Crippen LogP contribution is 2.32. The first kappa shape index (κ1) is 24.4. The number of nitrogens with one attached hydrogen (secondary N) is 1. The molecule has 4 nitrogen and oxygen atoms in total. The fourth-order valence-corrected chi connectivity index (χ4v) is 3.91. The molecule has 0 aliphatic rings. The highest BCUT2D eigenvalue weighted by Gasteiger charge is 2.23. The Balaban J connectivity index is 1.63. The summed E-state index contributed by atoms with van der Waals surface area (Å²) < 4.78 is 5.31. The van der Waals surface area contributed by atoms with Crippen molar-refractivity contribution in [3.63, 3.8) is 0 Å². The third-order valence-electron chi connectivity index (χ3n) is 5.97. The van der Waals surface area contributed by atoms with Crippen LogP contribution in [-0.2, 0) is 16.6 Å². The van der Waals surface area contributed by atoms with Crippen molar-refractivity contribution in [2.45, 2.75) is 64.9 Å². The predicted molar refractivity (Wildman–Crippen MR) is 138 cm³/mol. The van der Waals surface area contributed by atoms with E-state index in [0.717, 1.165) is 17.8 Å². The van der Waals surface area contributed by atoms with Gasteiger partial charge in [0, 0.05) is 16.8 Å². The van der Waals surface area contributed by atoms with Gasteiger partial charge in [0.15, 0.2) is 0 Å². The number of benzene rings is 3. The Morgan fingerprint density at radius 1 is 0.848 bits per heavy atom. The number of anilines is 2. The first-order valence-electron chi connectivity index (χ1n) is 11.5. The van der Waals surface area contributed by atoms with Crippen molar-refractivity contribution in [2.24, 2.45) is 0 Å². The van der Waals surface area contributed by atoms with Crippen molar-refractivity contribution in [3.8, 4) is 0 Å². The van der Waals surface area contributed by atoms with Crippen LogP contribution in [0, 0.1) is 0 Å². The molecule has 0 spiro atoms. The first-order valence-corrected chi connectivity index (χ1v) is 11.5. The number of nitrogen functional groups attached to an aromatic ring is 1. The zero-order valence-corrected chi connectivity index (χ0v) is 20.6. The third kappa shape index (κ3) is 6.61. The molecule has 3 aromatic rings. The van der Waals surface area contributed by atoms with Gasteiger partial charge < -0.3 is 10.5 Å². The molecule has 3 aromatic carbocycles. The molecule has 3 N–H and O–H groups in total. The molecule has 0 saturated carbocycles. The van der Waals surface area contributed by atoms with Gasteiger partial charge in [0.1, 0.15) is 5.60 Å². The van der Waals surface area contributed by atoms with Crippen molar-refractivity contribution in [2.75, 3.05) is 11.1 Å². The summed E-state index contributed by atoms with van der Waals surface area (Å²) in [5.74, 6) is 0.358. The summed E-state index contributed by atoms with van der Waals surface area (Å²) in [6.07, 6.45) is 0.506. The Labute approximate surface area is 198 Å². The molecule has 33 heavy (non-hydrogen) atoms. The number of hydrogen-bond donors (Lipinski definition) is 2. The number of nitrogens with two attached hydrogens (primary N) is 1. The Bertz CT molecular complexity index is 1060. The topological polar surface area (TPSA) is 64.3 Å². The van der Waals surface area contributed by atoms with Gasteiger partial charge in [-0.15, -0.1) is 0 Å². The maximum absolute atomic E-state index is 12.0. The summed E-state index contributed by atoms with van der Waals surface area (Å²) in [7, 11) is 0. The number of carbonyl (C=O) groups is 1. The maximum atomic E-state index is 12.0. The SMILES string of the molecule is CC(Cc1ccc(C(C)(C)c2ccc(N)cc2)cc1)c1ccc(NC(=O)OC(C)(C)C)cc1. The van der Waals surface area contributed by atoms with Gasteiger partial charge in [-0.25, -0.2) is 4.79 Å². The summed E-state index contributed by atoms with van der Waals surface area (Å²) in [6.45, 7) is 12.3. The van der Waals surface area contributed by atoms with Crippen LogP contribution in [0.25, 0.3) is 0 Å². The summed E-state index contributed by atoms with van der Waals surface area (Å²) in [4.78, 5) is 12.0. The van der Waals surface area contributed by atoms with Crippen LogP contribution >= 0.6 is 0 Å². The monoisotopic (exact) mass is 444 g/mol. The van der Waals surface area contributed by atoms with Gasteiger partial charge >= 0.3 is 6.09 Å². The molecular formula is C29H36N2O2. The zero-order chi connectivity index (χ0) is 24.2. The molecular weight excluding hydrogens is 408 g/mol. The Morgan fingerprint density at radius 3 is 1.88 bits per heavy atom. The second-order valence-electron chi connectivity index (χ2n) is 10.3. The second kappa shape index (κ2) is 9.70. The predicted octanol–water partition coefficient (Wildman–Crippen LogP) is 7.29. The van der Waals surface area contributed by atoms with Crippen LogP contribution in [0.1, 0.15) is 69.7 Å². The van der Waals surface area contributed by atoms with E-state index in [1.165, 1.54) is 22.3 Å². The lowest BCUT2D eigenvalue weighted by molar-refractivity contribution is 0.0636. The molecule has 0 heterocycles. The Kier molecular flexibility index (Phi) is 7.16. The summed E-state index contributed by atoms with van der Waals surface area (Å²) in [6, 6.07) is 25.0. The summed E-state index contributed by atoms with van der Waals surface area (Å²) >= 11 is 0. The molecule has 0 aliphatic carbocycles. The van der Waals surface area contributed by atoms with Gasteiger partial charge in [-0.1, -0.05) is 69.3 Å². The van der Waals surface area contributed by atoms with E-state index in [1.54, 1.807) is 0 Å². The van der Waals surface area contributed by atoms with Gasteiger partial charge in [0.2, 0.25) is 0 Å². The standard InChI is InChI=1S/C29H36N2O2/c1-20(22-9-17-26(18-10-22)31-27(32)33-28(2,3)4)19-21-7-11-23(12-8-21)29(5,6)24-13-15-25(30)16-14-24/h7-18,20H,19,30H2,1-6H3,(H,31,32). The van der Waals surface area contributed by atoms with Gasteiger partial charge in [-0.3, -0.25) is 5.32 Å². The maximum Gasteiger partial charge on any atom is 0.412 e. The lowest BCUT2D eigenvalue weighted by atomic mass is 9.77. The van der Waals surface area contributed by atoms with E-state index in [4.69, 9.17) is 10.5 Å². The normalized spacial score (nSPS) is 12.8. The lowest BCUT2D eigenvalue weighted by Crippen LogP contribution is -2.27. The minimum absolute atomic E-state index is 0.0885. The average Bonchev–Trinajstić information content (AvgIpc) is 2.73. The molecule has 0 aromatic heterocycles. The Morgan fingerprint density at radius 2 is 1.36 bits per heavy atom. The highest BCUT2D eigenvalue weighted by molar-refractivity contribution is 5.84. The number of amides is 1. The highest BCUT2D eigenvalue weighted by atomic mass is 16.6. The average molecular weight is 445 g/mol. The van der Waals surface area contributed by atoms with Crippen LogP contribution in [0.3, 0.4) is 0 Å². The second-order valence-corrected chi connectivity index (χ2v) is 10.3. The van der Waals surface area contributed by atoms with Crippen LogP contribution in [-0.4, -0.2) is 11.7 Å². The number of ether oxygens (including phenoxy) is 1. The van der Waals surface area contributed by atoms with Crippen molar-refractivity contribution in [1.29, 1.82) is 0 Å². The van der Waals surface area contributed by atoms with E-state index in [9.17, 15) is 4.79 Å². The van der Waals surface area contributed by atoms with Crippen LogP contribution in [0.5, 0.6) is 0 Å². The largest absolute Gasteiger partial charge is 0.444 e. The molecule has 1 amide bonds. The van der Waals surface area contributed by atoms with E-state index >= 15 is 0 Å². The van der Waals surface area contributed by atoms with Crippen molar-refractivity contribution >= 4 is 17.5 Å². The quantitative estimate of drug-likeness (QED) is 0.392. The van der Waals surface area contributed by atoms with Gasteiger partial charge in [0.25, 0.3) is 0 Å². The molecule has 4 heteroatoms. The van der Waals surface area contributed by atoms with Crippen LogP contribution < -0.4 is 11.1 Å². The van der Waals surface area contributed by atoms with E-state index in [0.29, 0.717) is 5.92 Å². The lowest BCUT2D eigenvalue weighted by Gasteiger charge is -2.26. The molecule has 0 radical (unpaired) electrons. The van der Waals surface area contributed by atoms with E-state index in [-0.39, 0.29) is 5.41 Å². The van der Waals surface area contributed by atoms with Crippen molar-refractivity contribution < 1.29 is 9.53 Å². The fourth-order valence-electron chi connectivity index (χ4n) is 3.91. The minimum Gasteiger partial charge on any atom is -0.444 e. The molecule has 0 fully saturated rings. The van der Waals surface area contributed by atoms with E-state index < -0.39 is 11.7 Å². The molecule has 1 unspecified atom stereocenters. The fraction of sp³-hybridized carbons (Fsp3) is 0.345. The van der Waals surface area contributed by atoms with Crippen LogP contribution in [0.4, 0.5) is 16.2 Å².